The topological polar surface area (TPSA) is 29.5 Å². The number of aliphatic hydroxyl groups is 1. The normalized spacial score (nSPS) is 34.3. The van der Waals surface area contributed by atoms with Crippen LogP contribution in [-0.4, -0.2) is 35.4 Å². The Morgan fingerprint density at radius 3 is 2.82 bits per heavy atom. The molecule has 0 aromatic heterocycles. The van der Waals surface area contributed by atoms with Gasteiger partial charge in [-0.25, -0.2) is 0 Å². The van der Waals surface area contributed by atoms with Crippen LogP contribution in [0.1, 0.15) is 17.9 Å². The number of aliphatic hydroxyl groups excluding tert-OH is 1. The average molecular weight is 250 g/mol. The molecule has 1 aromatic carbocycles. The van der Waals surface area contributed by atoms with Crippen molar-refractivity contribution in [3.8, 4) is 0 Å². The van der Waals surface area contributed by atoms with Crippen molar-refractivity contribution >= 4 is 11.8 Å². The van der Waals surface area contributed by atoms with Gasteiger partial charge in [0.1, 0.15) is 0 Å². The van der Waals surface area contributed by atoms with Gasteiger partial charge in [-0.15, -0.1) is 0 Å². The highest BCUT2D eigenvalue weighted by Crippen LogP contribution is 2.50. The third-order valence-electron chi connectivity index (χ3n) is 3.73. The summed E-state index contributed by atoms with van der Waals surface area (Å²) in [5.41, 5.74) is 1.36. The van der Waals surface area contributed by atoms with Gasteiger partial charge in [0.15, 0.2) is 0 Å². The third kappa shape index (κ3) is 2.51. The maximum absolute atomic E-state index is 10.3. The molecule has 1 aromatic rings. The minimum absolute atomic E-state index is 0.0486. The van der Waals surface area contributed by atoms with Gasteiger partial charge in [0.05, 0.1) is 18.8 Å². The van der Waals surface area contributed by atoms with Crippen LogP contribution in [0.4, 0.5) is 0 Å². The minimum atomic E-state index is -0.284. The smallest absolute Gasteiger partial charge is 0.0927 e. The summed E-state index contributed by atoms with van der Waals surface area (Å²) in [7, 11) is 0. The standard InChI is InChI=1S/C14H18O2S/c15-14(13-9-17-7-6-16-13)12-8-11(12)10-4-2-1-3-5-10/h1-5,11-15H,6-9H2. The molecule has 1 heterocycles. The summed E-state index contributed by atoms with van der Waals surface area (Å²) < 4.78 is 5.65. The fourth-order valence-corrected chi connectivity index (χ4v) is 3.56. The molecule has 0 amide bonds. The first-order valence-corrected chi connectivity index (χ1v) is 7.44. The Morgan fingerprint density at radius 2 is 2.12 bits per heavy atom. The number of hydrogen-bond donors (Lipinski definition) is 1. The SMILES string of the molecule is OC(C1CSCCO1)C1CC1c1ccccc1. The van der Waals surface area contributed by atoms with Gasteiger partial charge in [-0.1, -0.05) is 30.3 Å². The van der Waals surface area contributed by atoms with E-state index < -0.39 is 0 Å². The van der Waals surface area contributed by atoms with Crippen LogP contribution in [0.2, 0.25) is 0 Å². The maximum Gasteiger partial charge on any atom is 0.0927 e. The van der Waals surface area contributed by atoms with E-state index in [-0.39, 0.29) is 12.2 Å². The monoisotopic (exact) mass is 250 g/mol. The van der Waals surface area contributed by atoms with E-state index in [1.54, 1.807) is 0 Å². The molecule has 1 aliphatic heterocycles. The fourth-order valence-electron chi connectivity index (χ4n) is 2.65. The van der Waals surface area contributed by atoms with Crippen molar-refractivity contribution in [3.05, 3.63) is 35.9 Å². The number of ether oxygens (including phenoxy) is 1. The van der Waals surface area contributed by atoms with Crippen molar-refractivity contribution in [3.63, 3.8) is 0 Å². The highest BCUT2D eigenvalue weighted by Gasteiger charge is 2.46. The zero-order chi connectivity index (χ0) is 11.7. The van der Waals surface area contributed by atoms with E-state index in [4.69, 9.17) is 4.74 Å². The van der Waals surface area contributed by atoms with Gasteiger partial charge in [-0.05, 0) is 23.8 Å². The van der Waals surface area contributed by atoms with Crippen LogP contribution in [0.25, 0.3) is 0 Å². The van der Waals surface area contributed by atoms with Crippen LogP contribution in [-0.2, 0) is 4.74 Å². The van der Waals surface area contributed by atoms with Gasteiger partial charge in [0.25, 0.3) is 0 Å². The molecule has 92 valence electrons. The Hall–Kier alpha value is -0.510. The van der Waals surface area contributed by atoms with Crippen molar-refractivity contribution < 1.29 is 9.84 Å². The average Bonchev–Trinajstić information content (AvgIpc) is 3.20. The van der Waals surface area contributed by atoms with Crippen molar-refractivity contribution in [1.82, 2.24) is 0 Å². The zero-order valence-electron chi connectivity index (χ0n) is 9.79. The van der Waals surface area contributed by atoms with E-state index >= 15 is 0 Å². The largest absolute Gasteiger partial charge is 0.390 e. The molecular formula is C14H18O2S. The van der Waals surface area contributed by atoms with Gasteiger partial charge >= 0.3 is 0 Å². The van der Waals surface area contributed by atoms with Crippen LogP contribution in [0.3, 0.4) is 0 Å². The first-order chi connectivity index (χ1) is 8.36. The highest BCUT2D eigenvalue weighted by molar-refractivity contribution is 7.99. The predicted octanol–water partition coefficient (Wildman–Crippen LogP) is 2.28. The number of thioether (sulfide) groups is 1. The second-order valence-corrected chi connectivity index (χ2v) is 6.04. The summed E-state index contributed by atoms with van der Waals surface area (Å²) >= 11 is 1.89. The molecule has 0 bridgehead atoms. The lowest BCUT2D eigenvalue weighted by atomic mass is 10.0. The van der Waals surface area contributed by atoms with E-state index in [1.807, 2.05) is 17.8 Å². The molecule has 17 heavy (non-hydrogen) atoms. The van der Waals surface area contributed by atoms with Crippen molar-refractivity contribution in [2.24, 2.45) is 5.92 Å². The summed E-state index contributed by atoms with van der Waals surface area (Å²) in [6.07, 6.45) is 0.871. The van der Waals surface area contributed by atoms with E-state index in [9.17, 15) is 5.11 Å². The first-order valence-electron chi connectivity index (χ1n) is 6.28. The Labute approximate surface area is 106 Å². The molecule has 4 unspecified atom stereocenters. The molecule has 2 nitrogen and oxygen atoms in total. The molecule has 0 radical (unpaired) electrons. The molecule has 0 spiro atoms. The molecule has 1 saturated carbocycles. The van der Waals surface area contributed by atoms with Gasteiger partial charge in [-0.3, -0.25) is 0 Å². The lowest BCUT2D eigenvalue weighted by molar-refractivity contribution is -0.0319. The molecule has 4 atom stereocenters. The van der Waals surface area contributed by atoms with Crippen LogP contribution < -0.4 is 0 Å². The minimum Gasteiger partial charge on any atom is -0.390 e. The van der Waals surface area contributed by atoms with Crippen LogP contribution in [0.15, 0.2) is 30.3 Å². The summed E-state index contributed by atoms with van der Waals surface area (Å²) in [6, 6.07) is 10.5. The lowest BCUT2D eigenvalue weighted by Crippen LogP contribution is -2.36. The summed E-state index contributed by atoms with van der Waals surface area (Å²) in [6.45, 7) is 0.787. The maximum atomic E-state index is 10.3. The second kappa shape index (κ2) is 5.01. The first kappa shape index (κ1) is 11.6. The number of hydrogen-bond acceptors (Lipinski definition) is 3. The quantitative estimate of drug-likeness (QED) is 0.892. The zero-order valence-corrected chi connectivity index (χ0v) is 10.6. The van der Waals surface area contributed by atoms with Crippen molar-refractivity contribution in [1.29, 1.82) is 0 Å². The second-order valence-electron chi connectivity index (χ2n) is 4.89. The third-order valence-corrected chi connectivity index (χ3v) is 4.75. The van der Waals surface area contributed by atoms with Crippen LogP contribution in [0, 0.1) is 5.92 Å². The van der Waals surface area contributed by atoms with Crippen molar-refractivity contribution in [2.45, 2.75) is 24.5 Å². The molecular weight excluding hydrogens is 232 g/mol. The summed E-state index contributed by atoms with van der Waals surface area (Å²) in [5, 5.41) is 10.3. The Morgan fingerprint density at radius 1 is 1.29 bits per heavy atom. The molecule has 2 fully saturated rings. The Balaban J connectivity index is 1.60. The van der Waals surface area contributed by atoms with Gasteiger partial charge < -0.3 is 9.84 Å². The summed E-state index contributed by atoms with van der Waals surface area (Å²) in [4.78, 5) is 0. The van der Waals surface area contributed by atoms with Crippen LogP contribution >= 0.6 is 11.8 Å². The lowest BCUT2D eigenvalue weighted by Gasteiger charge is -2.27. The van der Waals surface area contributed by atoms with E-state index in [1.165, 1.54) is 5.56 Å². The molecule has 3 rings (SSSR count). The van der Waals surface area contributed by atoms with Gasteiger partial charge in [0.2, 0.25) is 0 Å². The number of benzene rings is 1. The van der Waals surface area contributed by atoms with Crippen LogP contribution in [0.5, 0.6) is 0 Å². The number of rotatable bonds is 3. The van der Waals surface area contributed by atoms with E-state index in [0.29, 0.717) is 11.8 Å². The molecule has 1 aliphatic carbocycles. The highest BCUT2D eigenvalue weighted by atomic mass is 32.2. The van der Waals surface area contributed by atoms with E-state index in [2.05, 4.69) is 24.3 Å². The van der Waals surface area contributed by atoms with Crippen molar-refractivity contribution in [2.75, 3.05) is 18.1 Å². The molecule has 3 heteroatoms. The predicted molar refractivity (Wildman–Crippen MR) is 70.4 cm³/mol. The molecule has 2 aliphatic rings. The molecule has 1 saturated heterocycles. The fraction of sp³-hybridized carbons (Fsp3) is 0.571. The van der Waals surface area contributed by atoms with Gasteiger partial charge in [-0.2, -0.15) is 11.8 Å². The Kier molecular flexibility index (Phi) is 3.41. The summed E-state index contributed by atoms with van der Waals surface area (Å²) in [5.74, 6) is 2.96. The Bertz CT molecular complexity index is 362. The van der Waals surface area contributed by atoms with Gasteiger partial charge in [0, 0.05) is 11.5 Å². The molecule has 1 N–H and O–H groups in total. The van der Waals surface area contributed by atoms with E-state index in [0.717, 1.165) is 24.5 Å².